The molecule has 1 atom stereocenters. The Kier molecular flexibility index (Phi) is 6.19. The first-order valence-electron chi connectivity index (χ1n) is 8.32. The second kappa shape index (κ2) is 8.57. The van der Waals surface area contributed by atoms with Crippen molar-refractivity contribution in [3.8, 4) is 0 Å². The highest BCUT2D eigenvalue weighted by molar-refractivity contribution is 7.99. The van der Waals surface area contributed by atoms with E-state index in [1.165, 1.54) is 5.56 Å². The van der Waals surface area contributed by atoms with Crippen LogP contribution < -0.4 is 5.73 Å². The first-order chi connectivity index (χ1) is 11.3. The summed E-state index contributed by atoms with van der Waals surface area (Å²) < 4.78 is 5.86. The third kappa shape index (κ3) is 5.12. The van der Waals surface area contributed by atoms with Crippen LogP contribution in [0.4, 0.5) is 0 Å². The van der Waals surface area contributed by atoms with Crippen LogP contribution in [0.25, 0.3) is 0 Å². The van der Waals surface area contributed by atoms with E-state index in [1.807, 2.05) is 11.8 Å². The zero-order valence-corrected chi connectivity index (χ0v) is 14.4. The van der Waals surface area contributed by atoms with Gasteiger partial charge >= 0.3 is 0 Å². The molecule has 1 unspecified atom stereocenters. The molecule has 2 heterocycles. The van der Waals surface area contributed by atoms with Gasteiger partial charge in [-0.25, -0.2) is 0 Å². The van der Waals surface area contributed by atoms with E-state index in [9.17, 15) is 0 Å². The monoisotopic (exact) mass is 334 g/mol. The number of aliphatic imine (C=N–C) groups is 1. The Morgan fingerprint density at radius 1 is 1.22 bits per heavy atom. The summed E-state index contributed by atoms with van der Waals surface area (Å²) in [6.07, 6.45) is 0.144. The van der Waals surface area contributed by atoms with E-state index in [2.05, 4.69) is 45.1 Å². The molecule has 1 aromatic carbocycles. The Hall–Kier alpha value is -1.24. The van der Waals surface area contributed by atoms with Crippen molar-refractivity contribution in [2.45, 2.75) is 12.6 Å². The van der Waals surface area contributed by atoms with Gasteiger partial charge in [-0.05, 0) is 5.56 Å². The third-order valence-electron chi connectivity index (χ3n) is 4.26. The molecule has 23 heavy (non-hydrogen) atoms. The Labute approximate surface area is 142 Å². The molecule has 0 aliphatic carbocycles. The summed E-state index contributed by atoms with van der Waals surface area (Å²) in [7, 11) is 0. The molecule has 6 heteroatoms. The van der Waals surface area contributed by atoms with Gasteiger partial charge in [0.15, 0.2) is 5.96 Å². The lowest BCUT2D eigenvalue weighted by molar-refractivity contribution is -0.0259. The van der Waals surface area contributed by atoms with Gasteiger partial charge in [0.2, 0.25) is 0 Å². The molecule has 0 saturated carbocycles. The van der Waals surface area contributed by atoms with Gasteiger partial charge in [-0.2, -0.15) is 11.8 Å². The molecular weight excluding hydrogens is 308 g/mol. The van der Waals surface area contributed by atoms with Crippen LogP contribution in [0.15, 0.2) is 35.3 Å². The molecule has 5 nitrogen and oxygen atoms in total. The first kappa shape index (κ1) is 16.6. The summed E-state index contributed by atoms with van der Waals surface area (Å²) in [5.41, 5.74) is 7.47. The highest BCUT2D eigenvalue weighted by Crippen LogP contribution is 2.12. The molecule has 126 valence electrons. The maximum absolute atomic E-state index is 6.12. The van der Waals surface area contributed by atoms with Crippen LogP contribution in [0, 0.1) is 0 Å². The smallest absolute Gasteiger partial charge is 0.191 e. The van der Waals surface area contributed by atoms with Crippen molar-refractivity contribution >= 4 is 17.7 Å². The van der Waals surface area contributed by atoms with Crippen molar-refractivity contribution in [1.29, 1.82) is 0 Å². The average Bonchev–Trinajstić information content (AvgIpc) is 2.62. The molecule has 0 amide bonds. The van der Waals surface area contributed by atoms with Crippen LogP contribution in [0.2, 0.25) is 0 Å². The van der Waals surface area contributed by atoms with E-state index in [0.717, 1.165) is 50.8 Å². The Bertz CT molecular complexity index is 505. The number of nitrogens with two attached hydrogens (primary N) is 1. The lowest BCUT2D eigenvalue weighted by Crippen LogP contribution is -2.45. The molecule has 3 rings (SSSR count). The number of ether oxygens (including phenoxy) is 1. The standard InChI is InChI=1S/C17H26N4OS/c18-17(21-7-10-23-11-8-21)19-12-16-14-20(6-9-22-16)13-15-4-2-1-3-5-15/h1-5,16H,6-14H2,(H2,18,19). The first-order valence-corrected chi connectivity index (χ1v) is 9.47. The largest absolute Gasteiger partial charge is 0.374 e. The molecule has 0 radical (unpaired) electrons. The maximum atomic E-state index is 6.12. The molecule has 0 bridgehead atoms. The highest BCUT2D eigenvalue weighted by Gasteiger charge is 2.21. The lowest BCUT2D eigenvalue weighted by atomic mass is 10.2. The van der Waals surface area contributed by atoms with Crippen LogP contribution in [-0.2, 0) is 11.3 Å². The SMILES string of the molecule is NC(=NCC1CN(Cc2ccccc2)CCO1)N1CCSCC1. The molecule has 0 aromatic heterocycles. The van der Waals surface area contributed by atoms with Crippen molar-refractivity contribution in [1.82, 2.24) is 9.80 Å². The number of morpholine rings is 1. The fraction of sp³-hybridized carbons (Fsp3) is 0.588. The summed E-state index contributed by atoms with van der Waals surface area (Å²) >= 11 is 1.98. The van der Waals surface area contributed by atoms with E-state index in [-0.39, 0.29) is 6.10 Å². The molecule has 2 fully saturated rings. The van der Waals surface area contributed by atoms with Gasteiger partial charge in [-0.15, -0.1) is 0 Å². The van der Waals surface area contributed by atoms with Crippen molar-refractivity contribution in [2.24, 2.45) is 10.7 Å². The normalized spacial score (nSPS) is 23.9. The van der Waals surface area contributed by atoms with E-state index >= 15 is 0 Å². The van der Waals surface area contributed by atoms with Crippen molar-refractivity contribution in [3.05, 3.63) is 35.9 Å². The second-order valence-corrected chi connectivity index (χ2v) is 7.24. The van der Waals surface area contributed by atoms with Crippen LogP contribution in [-0.4, -0.2) is 72.7 Å². The summed E-state index contributed by atoms with van der Waals surface area (Å²) in [5.74, 6) is 2.95. The van der Waals surface area contributed by atoms with Gasteiger partial charge < -0.3 is 15.4 Å². The van der Waals surface area contributed by atoms with Crippen LogP contribution in [0.3, 0.4) is 0 Å². The summed E-state index contributed by atoms with van der Waals surface area (Å²) in [4.78, 5) is 9.19. The number of hydrogen-bond donors (Lipinski definition) is 1. The predicted molar refractivity (Wildman–Crippen MR) is 96.8 cm³/mol. The average molecular weight is 334 g/mol. The minimum Gasteiger partial charge on any atom is -0.374 e. The number of thioether (sulfide) groups is 1. The maximum Gasteiger partial charge on any atom is 0.191 e. The van der Waals surface area contributed by atoms with E-state index < -0.39 is 0 Å². The van der Waals surface area contributed by atoms with Crippen LogP contribution >= 0.6 is 11.8 Å². The molecule has 2 aliphatic rings. The predicted octanol–water partition coefficient (Wildman–Crippen LogP) is 1.25. The topological polar surface area (TPSA) is 54.1 Å². The lowest BCUT2D eigenvalue weighted by Gasteiger charge is -2.33. The van der Waals surface area contributed by atoms with Gasteiger partial charge in [-0.3, -0.25) is 9.89 Å². The van der Waals surface area contributed by atoms with Crippen molar-refractivity contribution < 1.29 is 4.74 Å². The number of hydrogen-bond acceptors (Lipinski definition) is 4. The van der Waals surface area contributed by atoms with Gasteiger partial charge in [-0.1, -0.05) is 30.3 Å². The molecule has 0 spiro atoms. The summed E-state index contributed by atoms with van der Waals surface area (Å²) in [6, 6.07) is 10.6. The highest BCUT2D eigenvalue weighted by atomic mass is 32.2. The number of guanidine groups is 1. The second-order valence-electron chi connectivity index (χ2n) is 6.01. The number of benzene rings is 1. The summed E-state index contributed by atoms with van der Waals surface area (Å²) in [6.45, 7) is 6.31. The molecule has 2 saturated heterocycles. The Balaban J connectivity index is 1.48. The van der Waals surface area contributed by atoms with Crippen LogP contribution in [0.1, 0.15) is 5.56 Å². The third-order valence-corrected chi connectivity index (χ3v) is 5.21. The van der Waals surface area contributed by atoms with Gasteiger partial charge in [0.1, 0.15) is 0 Å². The van der Waals surface area contributed by atoms with Gasteiger partial charge in [0, 0.05) is 44.2 Å². The number of rotatable bonds is 4. The molecule has 1 aromatic rings. The zero-order chi connectivity index (χ0) is 15.9. The minimum atomic E-state index is 0.144. The minimum absolute atomic E-state index is 0.144. The van der Waals surface area contributed by atoms with Crippen molar-refractivity contribution in [3.63, 3.8) is 0 Å². The van der Waals surface area contributed by atoms with Crippen molar-refractivity contribution in [2.75, 3.05) is 50.8 Å². The Morgan fingerprint density at radius 2 is 2.00 bits per heavy atom. The van der Waals surface area contributed by atoms with Gasteiger partial charge in [0.25, 0.3) is 0 Å². The fourth-order valence-electron chi connectivity index (χ4n) is 2.96. The van der Waals surface area contributed by atoms with E-state index in [1.54, 1.807) is 0 Å². The quantitative estimate of drug-likeness (QED) is 0.663. The summed E-state index contributed by atoms with van der Waals surface area (Å²) in [5, 5.41) is 0. The molecule has 2 N–H and O–H groups in total. The molecule has 2 aliphatic heterocycles. The fourth-order valence-corrected chi connectivity index (χ4v) is 3.87. The van der Waals surface area contributed by atoms with E-state index in [0.29, 0.717) is 12.5 Å². The number of nitrogens with zero attached hydrogens (tertiary/aromatic N) is 3. The van der Waals surface area contributed by atoms with Crippen LogP contribution in [0.5, 0.6) is 0 Å². The van der Waals surface area contributed by atoms with Gasteiger partial charge in [0.05, 0.1) is 19.3 Å². The molecular formula is C17H26N4OS. The van der Waals surface area contributed by atoms with E-state index in [4.69, 9.17) is 10.5 Å². The Morgan fingerprint density at radius 3 is 2.78 bits per heavy atom. The zero-order valence-electron chi connectivity index (χ0n) is 13.6.